The van der Waals surface area contributed by atoms with E-state index in [1.807, 2.05) is 61.5 Å². The summed E-state index contributed by atoms with van der Waals surface area (Å²) in [4.78, 5) is 35.1. The van der Waals surface area contributed by atoms with Crippen molar-refractivity contribution in [3.63, 3.8) is 0 Å². The van der Waals surface area contributed by atoms with E-state index in [0.717, 1.165) is 32.6 Å². The SMILES string of the molecule is Cc1ccc(Cn2c(=O)nc(NCc3cccnc3N)n(Cc3ccc(O[Si](C)(C)C(C)(C)C)cc3)c2=O)cc1. The van der Waals surface area contributed by atoms with Crippen LogP contribution in [-0.2, 0) is 19.6 Å². The van der Waals surface area contributed by atoms with Crippen LogP contribution < -0.4 is 26.9 Å². The number of nitrogens with one attached hydrogen (secondary N) is 1. The Morgan fingerprint density at radius 1 is 0.925 bits per heavy atom. The molecule has 0 radical (unpaired) electrons. The molecular weight excluding hydrogens is 520 g/mol. The van der Waals surface area contributed by atoms with Gasteiger partial charge in [-0.1, -0.05) is 68.8 Å². The van der Waals surface area contributed by atoms with Crippen molar-refractivity contribution >= 4 is 20.1 Å². The molecular formula is C30H38N6O3Si. The molecule has 0 amide bonds. The quantitative estimate of drug-likeness (QED) is 0.284. The molecule has 2 heterocycles. The highest BCUT2D eigenvalue weighted by Crippen LogP contribution is 2.37. The van der Waals surface area contributed by atoms with Crippen molar-refractivity contribution in [1.29, 1.82) is 0 Å². The molecule has 3 N–H and O–H groups in total. The number of nitrogen functional groups attached to an aromatic ring is 1. The minimum Gasteiger partial charge on any atom is -0.544 e. The van der Waals surface area contributed by atoms with E-state index < -0.39 is 19.7 Å². The number of anilines is 2. The number of nitrogens with two attached hydrogens (primary N) is 1. The average molecular weight is 559 g/mol. The van der Waals surface area contributed by atoms with E-state index >= 15 is 0 Å². The molecule has 0 bridgehead atoms. The molecule has 0 atom stereocenters. The van der Waals surface area contributed by atoms with E-state index in [-0.39, 0.29) is 30.6 Å². The maximum atomic E-state index is 13.7. The summed E-state index contributed by atoms with van der Waals surface area (Å²) in [5.74, 6) is 1.34. The number of hydrogen-bond donors (Lipinski definition) is 2. The number of rotatable bonds is 9. The van der Waals surface area contributed by atoms with Crippen LogP contribution in [0.4, 0.5) is 11.8 Å². The lowest BCUT2D eigenvalue weighted by Gasteiger charge is -2.36. The molecule has 9 nitrogen and oxygen atoms in total. The summed E-state index contributed by atoms with van der Waals surface area (Å²) in [5.41, 5.74) is 8.47. The van der Waals surface area contributed by atoms with Gasteiger partial charge < -0.3 is 15.5 Å². The number of hydrogen-bond acceptors (Lipinski definition) is 7. The molecule has 0 saturated carbocycles. The van der Waals surface area contributed by atoms with E-state index in [4.69, 9.17) is 10.2 Å². The van der Waals surface area contributed by atoms with Crippen LogP contribution in [0.2, 0.25) is 18.1 Å². The number of benzene rings is 2. The minimum atomic E-state index is -1.99. The zero-order valence-electron chi connectivity index (χ0n) is 24.1. The van der Waals surface area contributed by atoms with Gasteiger partial charge in [0.1, 0.15) is 11.6 Å². The number of pyridine rings is 1. The Labute approximate surface area is 235 Å². The molecule has 0 aliphatic carbocycles. The van der Waals surface area contributed by atoms with Crippen molar-refractivity contribution in [1.82, 2.24) is 19.1 Å². The van der Waals surface area contributed by atoms with Crippen LogP contribution in [-0.4, -0.2) is 27.4 Å². The average Bonchev–Trinajstić information content (AvgIpc) is 2.89. The van der Waals surface area contributed by atoms with Gasteiger partial charge in [0, 0.05) is 18.3 Å². The van der Waals surface area contributed by atoms with E-state index in [9.17, 15) is 9.59 Å². The number of nitrogens with zero attached hydrogens (tertiary/aromatic N) is 4. The Kier molecular flexibility index (Phi) is 8.29. The maximum Gasteiger partial charge on any atom is 0.355 e. The van der Waals surface area contributed by atoms with Gasteiger partial charge in [-0.05, 0) is 54.4 Å². The standard InChI is InChI=1S/C30H38N6O3Si/c1-21-9-11-22(12-10-21)20-36-28(37)34-27(33-18-24-8-7-17-32-26(24)31)35(29(36)38)19-23-13-15-25(16-14-23)39-40(5,6)30(2,3)4/h7-17H,18-20H2,1-6H3,(H2,31,32)(H,33,34,37). The second-order valence-electron chi connectivity index (χ2n) is 11.6. The lowest BCUT2D eigenvalue weighted by molar-refractivity contribution is 0.492. The first-order valence-corrected chi connectivity index (χ1v) is 16.2. The first-order chi connectivity index (χ1) is 18.8. The Balaban J connectivity index is 1.67. The molecule has 0 aliphatic heterocycles. The monoisotopic (exact) mass is 558 g/mol. The number of aromatic nitrogens is 4. The van der Waals surface area contributed by atoms with Gasteiger partial charge in [-0.2, -0.15) is 4.98 Å². The topological polar surface area (TPSA) is 117 Å². The van der Waals surface area contributed by atoms with Gasteiger partial charge in [-0.15, -0.1) is 0 Å². The Morgan fingerprint density at radius 2 is 1.52 bits per heavy atom. The molecule has 4 aromatic rings. The first-order valence-electron chi connectivity index (χ1n) is 13.3. The molecule has 210 valence electrons. The fourth-order valence-electron chi connectivity index (χ4n) is 3.89. The third kappa shape index (κ3) is 6.68. The van der Waals surface area contributed by atoms with Gasteiger partial charge in [0.25, 0.3) is 0 Å². The van der Waals surface area contributed by atoms with Gasteiger partial charge >= 0.3 is 11.4 Å². The van der Waals surface area contributed by atoms with Gasteiger partial charge in [0.05, 0.1) is 13.1 Å². The Morgan fingerprint density at radius 3 is 2.12 bits per heavy atom. The van der Waals surface area contributed by atoms with Crippen LogP contribution in [0.15, 0.2) is 76.4 Å². The van der Waals surface area contributed by atoms with E-state index in [2.05, 4.69) is 49.1 Å². The zero-order chi connectivity index (χ0) is 29.1. The van der Waals surface area contributed by atoms with Crippen molar-refractivity contribution < 1.29 is 4.43 Å². The Hall–Kier alpha value is -4.18. The van der Waals surface area contributed by atoms with Crippen LogP contribution in [0.25, 0.3) is 0 Å². The molecule has 4 rings (SSSR count). The molecule has 10 heteroatoms. The highest BCUT2D eigenvalue weighted by atomic mass is 28.4. The van der Waals surface area contributed by atoms with Crippen LogP contribution in [0.5, 0.6) is 5.75 Å². The van der Waals surface area contributed by atoms with Gasteiger partial charge in [0.2, 0.25) is 14.3 Å². The fourth-order valence-corrected chi connectivity index (χ4v) is 4.92. The molecule has 2 aromatic carbocycles. The third-order valence-electron chi connectivity index (χ3n) is 7.42. The van der Waals surface area contributed by atoms with E-state index in [0.29, 0.717) is 5.82 Å². The molecule has 2 aromatic heterocycles. The minimum absolute atomic E-state index is 0.0774. The summed E-state index contributed by atoms with van der Waals surface area (Å²) in [7, 11) is -1.99. The molecule has 0 unspecified atom stereocenters. The van der Waals surface area contributed by atoms with Crippen LogP contribution in [0.3, 0.4) is 0 Å². The predicted molar refractivity (Wildman–Crippen MR) is 162 cm³/mol. The Bertz CT molecular complexity index is 1590. The highest BCUT2D eigenvalue weighted by Gasteiger charge is 2.38. The smallest absolute Gasteiger partial charge is 0.355 e. The normalized spacial score (nSPS) is 11.8. The molecule has 0 fully saturated rings. The van der Waals surface area contributed by atoms with Crippen molar-refractivity contribution in [3.05, 3.63) is 110 Å². The summed E-state index contributed by atoms with van der Waals surface area (Å²) in [6, 6.07) is 19.1. The summed E-state index contributed by atoms with van der Waals surface area (Å²) in [5, 5.41) is 3.21. The fraction of sp³-hybridized carbons (Fsp3) is 0.333. The van der Waals surface area contributed by atoms with Gasteiger partial charge in [-0.25, -0.2) is 19.1 Å². The maximum absolute atomic E-state index is 13.7. The largest absolute Gasteiger partial charge is 0.544 e. The van der Waals surface area contributed by atoms with E-state index in [1.165, 1.54) is 4.57 Å². The molecule has 0 spiro atoms. The molecule has 40 heavy (non-hydrogen) atoms. The van der Waals surface area contributed by atoms with Crippen LogP contribution in [0, 0.1) is 6.92 Å². The predicted octanol–water partition coefficient (Wildman–Crippen LogP) is 4.78. The molecule has 0 saturated heterocycles. The third-order valence-corrected chi connectivity index (χ3v) is 11.8. The van der Waals surface area contributed by atoms with E-state index in [1.54, 1.807) is 12.3 Å². The molecule has 0 aliphatic rings. The summed E-state index contributed by atoms with van der Waals surface area (Å²) >= 11 is 0. The van der Waals surface area contributed by atoms with Crippen molar-refractivity contribution in [2.45, 2.75) is 65.5 Å². The highest BCUT2D eigenvalue weighted by molar-refractivity contribution is 6.74. The second kappa shape index (κ2) is 11.5. The zero-order valence-corrected chi connectivity index (χ0v) is 25.1. The second-order valence-corrected chi connectivity index (χ2v) is 16.3. The first kappa shape index (κ1) is 28.8. The van der Waals surface area contributed by atoms with Crippen LogP contribution >= 0.6 is 0 Å². The van der Waals surface area contributed by atoms with Gasteiger partial charge in [-0.3, -0.25) is 4.57 Å². The lowest BCUT2D eigenvalue weighted by Crippen LogP contribution is -2.43. The van der Waals surface area contributed by atoms with Crippen LogP contribution in [0.1, 0.15) is 43.0 Å². The lowest BCUT2D eigenvalue weighted by atomic mass is 10.1. The number of aryl methyl sites for hydroxylation is 1. The van der Waals surface area contributed by atoms with Crippen molar-refractivity contribution in [2.24, 2.45) is 0 Å². The van der Waals surface area contributed by atoms with Crippen molar-refractivity contribution in [2.75, 3.05) is 11.1 Å². The summed E-state index contributed by atoms with van der Waals surface area (Å²) in [6.45, 7) is 13.6. The van der Waals surface area contributed by atoms with Crippen molar-refractivity contribution in [3.8, 4) is 5.75 Å². The summed E-state index contributed by atoms with van der Waals surface area (Å²) in [6.07, 6.45) is 1.61. The van der Waals surface area contributed by atoms with Gasteiger partial charge in [0.15, 0.2) is 0 Å². The summed E-state index contributed by atoms with van der Waals surface area (Å²) < 4.78 is 9.04.